The summed E-state index contributed by atoms with van der Waals surface area (Å²) < 4.78 is 12.6. The van der Waals surface area contributed by atoms with Crippen LogP contribution in [0.4, 0.5) is 10.5 Å². The number of urea groups is 1. The average Bonchev–Trinajstić information content (AvgIpc) is 2.55. The van der Waals surface area contributed by atoms with Crippen molar-refractivity contribution in [2.75, 3.05) is 25.5 Å². The Balaban J connectivity index is 1.55. The fourth-order valence-corrected chi connectivity index (χ4v) is 2.62. The van der Waals surface area contributed by atoms with Crippen LogP contribution in [0.25, 0.3) is 0 Å². The van der Waals surface area contributed by atoms with Crippen molar-refractivity contribution in [1.82, 2.24) is 9.47 Å². The summed E-state index contributed by atoms with van der Waals surface area (Å²) in [6.45, 7) is 2.78. The van der Waals surface area contributed by atoms with Crippen molar-refractivity contribution in [2.24, 2.45) is 7.05 Å². The predicted octanol–water partition coefficient (Wildman–Crippen LogP) is 2.00. The molecule has 1 saturated heterocycles. The van der Waals surface area contributed by atoms with E-state index >= 15 is 0 Å². The van der Waals surface area contributed by atoms with Crippen molar-refractivity contribution >= 4 is 11.7 Å². The Bertz CT molecular complexity index is 840. The maximum absolute atomic E-state index is 12.3. The third-order valence-corrected chi connectivity index (χ3v) is 4.26. The molecule has 1 aliphatic heterocycles. The minimum Gasteiger partial charge on any atom is -0.495 e. The number of carbonyl (C=O) groups is 1. The van der Waals surface area contributed by atoms with Crippen molar-refractivity contribution in [3.8, 4) is 11.5 Å². The van der Waals surface area contributed by atoms with Gasteiger partial charge in [0.15, 0.2) is 0 Å². The summed E-state index contributed by atoms with van der Waals surface area (Å²) in [5, 5.41) is 2.83. The number of methoxy groups -OCH3 is 1. The van der Waals surface area contributed by atoms with Crippen molar-refractivity contribution in [3.05, 3.63) is 52.4 Å². The largest absolute Gasteiger partial charge is 0.495 e. The van der Waals surface area contributed by atoms with Crippen LogP contribution in [0.2, 0.25) is 0 Å². The first-order valence-electron chi connectivity index (χ1n) is 8.01. The molecule has 7 nitrogen and oxygen atoms in total. The van der Waals surface area contributed by atoms with Crippen LogP contribution in [0.1, 0.15) is 5.69 Å². The summed E-state index contributed by atoms with van der Waals surface area (Å²) >= 11 is 0. The maximum Gasteiger partial charge on any atom is 0.322 e. The van der Waals surface area contributed by atoms with Crippen LogP contribution >= 0.6 is 0 Å². The van der Waals surface area contributed by atoms with E-state index in [1.165, 1.54) is 6.07 Å². The van der Waals surface area contributed by atoms with Gasteiger partial charge in [-0.1, -0.05) is 12.1 Å². The van der Waals surface area contributed by atoms with Gasteiger partial charge in [-0.25, -0.2) is 4.79 Å². The van der Waals surface area contributed by atoms with Crippen LogP contribution in [-0.4, -0.2) is 41.8 Å². The Morgan fingerprint density at radius 3 is 2.64 bits per heavy atom. The van der Waals surface area contributed by atoms with Gasteiger partial charge in [-0.2, -0.15) is 0 Å². The molecule has 1 aromatic carbocycles. The highest BCUT2D eigenvalue weighted by Crippen LogP contribution is 2.24. The number of likely N-dealkylation sites (tertiary alicyclic amines) is 1. The first-order valence-corrected chi connectivity index (χ1v) is 8.01. The zero-order valence-electron chi connectivity index (χ0n) is 14.5. The number of aryl methyl sites for hydroxylation is 1. The van der Waals surface area contributed by atoms with E-state index in [-0.39, 0.29) is 17.7 Å². The average molecular weight is 343 g/mol. The molecule has 0 aliphatic carbocycles. The van der Waals surface area contributed by atoms with E-state index in [0.29, 0.717) is 30.3 Å². The number of para-hydroxylation sites is 2. The van der Waals surface area contributed by atoms with Crippen molar-refractivity contribution < 1.29 is 14.3 Å². The van der Waals surface area contributed by atoms with E-state index in [0.717, 1.165) is 5.69 Å². The van der Waals surface area contributed by atoms with Gasteiger partial charge < -0.3 is 24.3 Å². The van der Waals surface area contributed by atoms with Gasteiger partial charge in [0.25, 0.3) is 5.56 Å². The standard InChI is InChI=1S/C18H21N3O4/c1-12-8-13(9-17(22)20(12)2)25-14-10-21(11-14)18(23)19-15-6-4-5-7-16(15)24-3/h4-9,14H,10-11H2,1-3H3,(H,19,23). The predicted molar refractivity (Wildman–Crippen MR) is 94.4 cm³/mol. The van der Waals surface area contributed by atoms with E-state index < -0.39 is 0 Å². The molecule has 132 valence electrons. The molecule has 0 saturated carbocycles. The molecule has 1 fully saturated rings. The molecule has 1 N–H and O–H groups in total. The van der Waals surface area contributed by atoms with Crippen LogP contribution in [0.5, 0.6) is 11.5 Å². The Morgan fingerprint density at radius 2 is 1.96 bits per heavy atom. The van der Waals surface area contributed by atoms with Crippen molar-refractivity contribution in [1.29, 1.82) is 0 Å². The van der Waals surface area contributed by atoms with Crippen LogP contribution in [0.15, 0.2) is 41.2 Å². The normalized spacial score (nSPS) is 14.0. The van der Waals surface area contributed by atoms with Crippen LogP contribution < -0.4 is 20.3 Å². The van der Waals surface area contributed by atoms with Gasteiger partial charge in [-0.05, 0) is 25.1 Å². The van der Waals surface area contributed by atoms with Crippen LogP contribution in [0, 0.1) is 6.92 Å². The quantitative estimate of drug-likeness (QED) is 0.921. The minimum absolute atomic E-state index is 0.111. The summed E-state index contributed by atoms with van der Waals surface area (Å²) in [6.07, 6.45) is -0.116. The number of carbonyl (C=O) groups excluding carboxylic acids is 1. The van der Waals surface area contributed by atoms with Gasteiger partial charge in [0.2, 0.25) is 0 Å². The molecular weight excluding hydrogens is 322 g/mol. The number of nitrogens with one attached hydrogen (secondary N) is 1. The van der Waals surface area contributed by atoms with Crippen molar-refractivity contribution in [2.45, 2.75) is 13.0 Å². The second-order valence-corrected chi connectivity index (χ2v) is 6.00. The third-order valence-electron chi connectivity index (χ3n) is 4.26. The summed E-state index contributed by atoms with van der Waals surface area (Å²) in [4.78, 5) is 25.7. The number of hydrogen-bond acceptors (Lipinski definition) is 4. The Morgan fingerprint density at radius 1 is 1.24 bits per heavy atom. The lowest BCUT2D eigenvalue weighted by Gasteiger charge is -2.38. The Hall–Kier alpha value is -2.96. The van der Waals surface area contributed by atoms with Gasteiger partial charge in [0.05, 0.1) is 25.9 Å². The summed E-state index contributed by atoms with van der Waals surface area (Å²) in [7, 11) is 3.28. The smallest absolute Gasteiger partial charge is 0.322 e. The lowest BCUT2D eigenvalue weighted by molar-refractivity contribution is 0.0490. The van der Waals surface area contributed by atoms with Gasteiger partial charge in [0, 0.05) is 18.8 Å². The number of pyridine rings is 1. The lowest BCUT2D eigenvalue weighted by atomic mass is 10.2. The van der Waals surface area contributed by atoms with Crippen LogP contribution in [0.3, 0.4) is 0 Å². The number of rotatable bonds is 4. The number of benzene rings is 1. The molecule has 0 atom stereocenters. The zero-order valence-corrected chi connectivity index (χ0v) is 14.5. The molecule has 25 heavy (non-hydrogen) atoms. The van der Waals surface area contributed by atoms with Crippen LogP contribution in [-0.2, 0) is 7.05 Å². The fourth-order valence-electron chi connectivity index (χ4n) is 2.62. The number of amides is 2. The molecule has 2 heterocycles. The first kappa shape index (κ1) is 16.9. The summed E-state index contributed by atoms with van der Waals surface area (Å²) in [6, 6.07) is 10.3. The van der Waals surface area contributed by atoms with E-state index in [1.54, 1.807) is 35.8 Å². The number of anilines is 1. The SMILES string of the molecule is COc1ccccc1NC(=O)N1CC(Oc2cc(C)n(C)c(=O)c2)C1. The molecule has 0 radical (unpaired) electrons. The highest BCUT2D eigenvalue weighted by Gasteiger charge is 2.32. The van der Waals surface area contributed by atoms with E-state index in [4.69, 9.17) is 9.47 Å². The highest BCUT2D eigenvalue weighted by atomic mass is 16.5. The summed E-state index contributed by atoms with van der Waals surface area (Å²) in [5.74, 6) is 1.15. The molecule has 2 amide bonds. The topological polar surface area (TPSA) is 72.8 Å². The molecule has 1 aliphatic rings. The summed E-state index contributed by atoms with van der Waals surface area (Å²) in [5.41, 5.74) is 1.34. The second kappa shape index (κ2) is 6.88. The number of ether oxygens (including phenoxy) is 2. The monoisotopic (exact) mass is 343 g/mol. The molecule has 7 heteroatoms. The first-order chi connectivity index (χ1) is 12.0. The zero-order chi connectivity index (χ0) is 18.0. The lowest BCUT2D eigenvalue weighted by Crippen LogP contribution is -2.57. The Labute approximate surface area is 145 Å². The number of hydrogen-bond donors (Lipinski definition) is 1. The van der Waals surface area contributed by atoms with Gasteiger partial charge in [-0.15, -0.1) is 0 Å². The second-order valence-electron chi connectivity index (χ2n) is 6.00. The Kier molecular flexibility index (Phi) is 4.65. The van der Waals surface area contributed by atoms with Gasteiger partial charge >= 0.3 is 6.03 Å². The molecule has 1 aromatic heterocycles. The fraction of sp³-hybridized carbons (Fsp3) is 0.333. The highest BCUT2D eigenvalue weighted by molar-refractivity contribution is 5.91. The minimum atomic E-state index is -0.204. The van der Waals surface area contributed by atoms with Gasteiger partial charge in [-0.3, -0.25) is 4.79 Å². The molecule has 2 aromatic rings. The van der Waals surface area contributed by atoms with Crippen molar-refractivity contribution in [3.63, 3.8) is 0 Å². The number of nitrogens with zero attached hydrogens (tertiary/aromatic N) is 2. The van der Waals surface area contributed by atoms with Gasteiger partial charge in [0.1, 0.15) is 17.6 Å². The maximum atomic E-state index is 12.3. The van der Waals surface area contributed by atoms with E-state index in [1.807, 2.05) is 25.1 Å². The molecule has 3 rings (SSSR count). The third kappa shape index (κ3) is 3.60. The molecule has 0 unspecified atom stereocenters. The molecule has 0 bridgehead atoms. The van der Waals surface area contributed by atoms with E-state index in [2.05, 4.69) is 5.32 Å². The molecule has 0 spiro atoms. The van der Waals surface area contributed by atoms with E-state index in [9.17, 15) is 9.59 Å². The molecular formula is C18H21N3O4. The number of aromatic nitrogens is 1.